The molecule has 2 rings (SSSR count). The van der Waals surface area contributed by atoms with Gasteiger partial charge < -0.3 is 5.32 Å². The lowest BCUT2D eigenvalue weighted by molar-refractivity contribution is 0.339. The molecule has 1 unspecified atom stereocenters. The third-order valence-corrected chi connectivity index (χ3v) is 3.07. The van der Waals surface area contributed by atoms with Crippen LogP contribution in [0.5, 0.6) is 0 Å². The van der Waals surface area contributed by atoms with Crippen molar-refractivity contribution in [2.75, 3.05) is 13.1 Å². The maximum Gasteiger partial charge on any atom is 0.00500 e. The van der Waals surface area contributed by atoms with Crippen molar-refractivity contribution in [3.05, 3.63) is 35.9 Å². The summed E-state index contributed by atoms with van der Waals surface area (Å²) in [6.45, 7) is 4.66. The quantitative estimate of drug-likeness (QED) is 0.690. The number of nitrogens with one attached hydrogen (secondary N) is 1. The molecule has 0 bridgehead atoms. The second kappa shape index (κ2) is 3.51. The van der Waals surface area contributed by atoms with Gasteiger partial charge in [-0.25, -0.2) is 0 Å². The zero-order valence-corrected chi connectivity index (χ0v) is 8.22. The lowest BCUT2D eigenvalue weighted by atomic mass is 9.77. The van der Waals surface area contributed by atoms with Crippen LogP contribution < -0.4 is 5.32 Å². The number of benzene rings is 1. The van der Waals surface area contributed by atoms with Gasteiger partial charge in [0.2, 0.25) is 0 Å². The van der Waals surface area contributed by atoms with Gasteiger partial charge in [0.25, 0.3) is 0 Å². The smallest absolute Gasteiger partial charge is 0.00500 e. The fourth-order valence-corrected chi connectivity index (χ4v) is 2.14. The van der Waals surface area contributed by atoms with Crippen LogP contribution in [0, 0.1) is 0 Å². The highest BCUT2D eigenvalue weighted by atomic mass is 14.9. The van der Waals surface area contributed by atoms with Crippen molar-refractivity contribution in [3.8, 4) is 0 Å². The number of piperidine rings is 1. The first-order chi connectivity index (χ1) is 6.31. The molecule has 1 N–H and O–H groups in total. The largest absolute Gasteiger partial charge is 0.316 e. The lowest BCUT2D eigenvalue weighted by Gasteiger charge is -2.34. The first-order valence-corrected chi connectivity index (χ1v) is 5.07. The molecule has 1 aliphatic heterocycles. The minimum atomic E-state index is 0.361. The van der Waals surface area contributed by atoms with Gasteiger partial charge in [-0.05, 0) is 24.9 Å². The highest BCUT2D eigenvalue weighted by molar-refractivity contribution is 5.25. The molecule has 0 amide bonds. The topological polar surface area (TPSA) is 12.0 Å². The van der Waals surface area contributed by atoms with E-state index in [0.29, 0.717) is 5.41 Å². The molecule has 0 aliphatic carbocycles. The van der Waals surface area contributed by atoms with E-state index in [-0.39, 0.29) is 0 Å². The van der Waals surface area contributed by atoms with E-state index in [0.717, 1.165) is 6.54 Å². The van der Waals surface area contributed by atoms with E-state index in [1.807, 2.05) is 0 Å². The molecule has 1 heterocycles. The molecule has 1 saturated heterocycles. The molecule has 1 aromatic carbocycles. The van der Waals surface area contributed by atoms with Crippen LogP contribution in [-0.4, -0.2) is 13.1 Å². The van der Waals surface area contributed by atoms with Crippen molar-refractivity contribution in [1.82, 2.24) is 5.32 Å². The summed E-state index contributed by atoms with van der Waals surface area (Å²) in [5.41, 5.74) is 1.83. The Morgan fingerprint density at radius 3 is 2.62 bits per heavy atom. The van der Waals surface area contributed by atoms with Crippen molar-refractivity contribution >= 4 is 0 Å². The van der Waals surface area contributed by atoms with Crippen molar-refractivity contribution in [2.45, 2.75) is 25.2 Å². The maximum atomic E-state index is 3.47. The fourth-order valence-electron chi connectivity index (χ4n) is 2.14. The SMILES string of the molecule is CC1(c2ccccc2)CCCNC1. The molecule has 70 valence electrons. The van der Waals surface area contributed by atoms with Crippen LogP contribution in [0.2, 0.25) is 0 Å². The monoisotopic (exact) mass is 175 g/mol. The molecule has 1 nitrogen and oxygen atoms in total. The van der Waals surface area contributed by atoms with E-state index in [9.17, 15) is 0 Å². The van der Waals surface area contributed by atoms with Crippen LogP contribution in [-0.2, 0) is 5.41 Å². The van der Waals surface area contributed by atoms with Crippen LogP contribution in [0.25, 0.3) is 0 Å². The normalized spacial score (nSPS) is 28.7. The summed E-state index contributed by atoms with van der Waals surface area (Å²) < 4.78 is 0. The van der Waals surface area contributed by atoms with Gasteiger partial charge in [0.1, 0.15) is 0 Å². The first-order valence-electron chi connectivity index (χ1n) is 5.07. The van der Waals surface area contributed by atoms with E-state index in [1.54, 1.807) is 0 Å². The molecule has 1 atom stereocenters. The molecule has 0 spiro atoms. The Kier molecular flexibility index (Phi) is 2.36. The minimum absolute atomic E-state index is 0.361. The van der Waals surface area contributed by atoms with Gasteiger partial charge in [-0.3, -0.25) is 0 Å². The molecule has 1 heteroatoms. The summed E-state index contributed by atoms with van der Waals surface area (Å²) in [7, 11) is 0. The molecule has 1 fully saturated rings. The summed E-state index contributed by atoms with van der Waals surface area (Å²) in [5.74, 6) is 0. The first kappa shape index (κ1) is 8.76. The Morgan fingerprint density at radius 2 is 2.00 bits per heavy atom. The van der Waals surface area contributed by atoms with Gasteiger partial charge in [-0.1, -0.05) is 37.3 Å². The Bertz CT molecular complexity index is 260. The fraction of sp³-hybridized carbons (Fsp3) is 0.500. The zero-order valence-electron chi connectivity index (χ0n) is 8.22. The molecule has 0 radical (unpaired) electrons. The Labute approximate surface area is 80.2 Å². The molecule has 1 aromatic rings. The summed E-state index contributed by atoms with van der Waals surface area (Å²) in [4.78, 5) is 0. The molecule has 0 aromatic heterocycles. The van der Waals surface area contributed by atoms with Crippen molar-refractivity contribution in [1.29, 1.82) is 0 Å². The number of hydrogen-bond donors (Lipinski definition) is 1. The molecule has 1 aliphatic rings. The van der Waals surface area contributed by atoms with Crippen LogP contribution in [0.1, 0.15) is 25.3 Å². The average molecular weight is 175 g/mol. The predicted molar refractivity (Wildman–Crippen MR) is 55.9 cm³/mol. The third kappa shape index (κ3) is 1.75. The van der Waals surface area contributed by atoms with Crippen molar-refractivity contribution in [2.24, 2.45) is 0 Å². The standard InChI is InChI=1S/C12H17N/c1-12(8-5-9-13-10-12)11-6-3-2-4-7-11/h2-4,6-7,13H,5,8-10H2,1H3. The van der Waals surface area contributed by atoms with Crippen molar-refractivity contribution < 1.29 is 0 Å². The van der Waals surface area contributed by atoms with E-state index in [4.69, 9.17) is 0 Å². The van der Waals surface area contributed by atoms with E-state index >= 15 is 0 Å². The zero-order chi connectivity index (χ0) is 9.15. The number of rotatable bonds is 1. The lowest BCUT2D eigenvalue weighted by Crippen LogP contribution is -2.40. The Balaban J connectivity index is 2.23. The van der Waals surface area contributed by atoms with Gasteiger partial charge in [-0.15, -0.1) is 0 Å². The van der Waals surface area contributed by atoms with Crippen molar-refractivity contribution in [3.63, 3.8) is 0 Å². The van der Waals surface area contributed by atoms with Gasteiger partial charge in [0, 0.05) is 12.0 Å². The minimum Gasteiger partial charge on any atom is -0.316 e. The molecule has 0 saturated carbocycles. The summed E-state index contributed by atoms with van der Waals surface area (Å²) in [5, 5.41) is 3.47. The second-order valence-electron chi connectivity index (χ2n) is 4.21. The van der Waals surface area contributed by atoms with Gasteiger partial charge in [-0.2, -0.15) is 0 Å². The molecular formula is C12H17N. The Hall–Kier alpha value is -0.820. The summed E-state index contributed by atoms with van der Waals surface area (Å²) >= 11 is 0. The van der Waals surface area contributed by atoms with E-state index < -0.39 is 0 Å². The Morgan fingerprint density at radius 1 is 1.23 bits per heavy atom. The van der Waals surface area contributed by atoms with Crippen LogP contribution in [0.15, 0.2) is 30.3 Å². The molecular weight excluding hydrogens is 158 g/mol. The van der Waals surface area contributed by atoms with Gasteiger partial charge >= 0.3 is 0 Å². The third-order valence-electron chi connectivity index (χ3n) is 3.07. The van der Waals surface area contributed by atoms with E-state index in [2.05, 4.69) is 42.6 Å². The van der Waals surface area contributed by atoms with Crippen LogP contribution >= 0.6 is 0 Å². The van der Waals surface area contributed by atoms with Crippen LogP contribution in [0.3, 0.4) is 0 Å². The molecule has 13 heavy (non-hydrogen) atoms. The second-order valence-corrected chi connectivity index (χ2v) is 4.21. The summed E-state index contributed by atoms with van der Waals surface area (Å²) in [6.07, 6.45) is 2.61. The van der Waals surface area contributed by atoms with Crippen LogP contribution in [0.4, 0.5) is 0 Å². The average Bonchev–Trinajstić information content (AvgIpc) is 2.20. The highest BCUT2D eigenvalue weighted by Crippen LogP contribution is 2.29. The number of hydrogen-bond acceptors (Lipinski definition) is 1. The maximum absolute atomic E-state index is 3.47. The van der Waals surface area contributed by atoms with E-state index in [1.165, 1.54) is 24.9 Å². The van der Waals surface area contributed by atoms with Gasteiger partial charge in [0.05, 0.1) is 0 Å². The summed E-state index contributed by atoms with van der Waals surface area (Å²) in [6, 6.07) is 10.8. The highest BCUT2D eigenvalue weighted by Gasteiger charge is 2.27. The van der Waals surface area contributed by atoms with Gasteiger partial charge in [0.15, 0.2) is 0 Å². The predicted octanol–water partition coefficient (Wildman–Crippen LogP) is 2.33.